The van der Waals surface area contributed by atoms with Crippen LogP contribution in [0.15, 0.2) is 46.0 Å². The standard InChI is InChI=1S/C13H13F2NO3S2/c1-9(16-21(17,18)12-6-3-7-20-12)10-4-2-5-11(8-10)19-13(14)15/h2-9,13,16H,1H3. The van der Waals surface area contributed by atoms with Gasteiger partial charge in [-0.3, -0.25) is 0 Å². The van der Waals surface area contributed by atoms with E-state index in [1.165, 1.54) is 24.3 Å². The van der Waals surface area contributed by atoms with Crippen LogP contribution in [-0.2, 0) is 10.0 Å². The minimum absolute atomic E-state index is 0.00956. The first kappa shape index (κ1) is 15.9. The highest BCUT2D eigenvalue weighted by molar-refractivity contribution is 7.91. The predicted octanol–water partition coefficient (Wildman–Crippen LogP) is 3.39. The van der Waals surface area contributed by atoms with Crippen molar-refractivity contribution in [3.05, 3.63) is 47.3 Å². The summed E-state index contributed by atoms with van der Waals surface area (Å²) in [6.07, 6.45) is 0. The number of hydrogen-bond donors (Lipinski definition) is 1. The Bertz CT molecular complexity index is 687. The molecule has 2 aromatic rings. The molecule has 0 aliphatic rings. The molecule has 0 aliphatic carbocycles. The quantitative estimate of drug-likeness (QED) is 0.881. The zero-order chi connectivity index (χ0) is 15.5. The van der Waals surface area contributed by atoms with Gasteiger partial charge in [-0.25, -0.2) is 13.1 Å². The summed E-state index contributed by atoms with van der Waals surface area (Å²) in [7, 11) is -3.62. The van der Waals surface area contributed by atoms with Crippen LogP contribution < -0.4 is 9.46 Å². The molecule has 0 aliphatic heterocycles. The van der Waals surface area contributed by atoms with E-state index in [-0.39, 0.29) is 9.96 Å². The van der Waals surface area contributed by atoms with E-state index in [0.717, 1.165) is 11.3 Å². The summed E-state index contributed by atoms with van der Waals surface area (Å²) >= 11 is 1.10. The Labute approximate surface area is 125 Å². The van der Waals surface area contributed by atoms with Crippen molar-refractivity contribution in [2.24, 2.45) is 0 Å². The number of ether oxygens (including phenoxy) is 1. The lowest BCUT2D eigenvalue weighted by Crippen LogP contribution is -2.26. The van der Waals surface area contributed by atoms with Gasteiger partial charge in [0.05, 0.1) is 0 Å². The van der Waals surface area contributed by atoms with Gasteiger partial charge in [-0.1, -0.05) is 18.2 Å². The monoisotopic (exact) mass is 333 g/mol. The van der Waals surface area contributed by atoms with Gasteiger partial charge in [-0.15, -0.1) is 11.3 Å². The van der Waals surface area contributed by atoms with Crippen molar-refractivity contribution < 1.29 is 21.9 Å². The van der Waals surface area contributed by atoms with Crippen LogP contribution >= 0.6 is 11.3 Å². The van der Waals surface area contributed by atoms with E-state index in [0.29, 0.717) is 5.56 Å². The summed E-state index contributed by atoms with van der Waals surface area (Å²) in [5.41, 5.74) is 0.535. The van der Waals surface area contributed by atoms with E-state index in [9.17, 15) is 17.2 Å². The van der Waals surface area contributed by atoms with E-state index in [1.54, 1.807) is 24.4 Å². The van der Waals surface area contributed by atoms with Crippen molar-refractivity contribution in [3.8, 4) is 5.75 Å². The lowest BCUT2D eigenvalue weighted by Gasteiger charge is -2.15. The molecule has 21 heavy (non-hydrogen) atoms. The van der Waals surface area contributed by atoms with Gasteiger partial charge in [0.15, 0.2) is 0 Å². The molecule has 4 nitrogen and oxygen atoms in total. The second kappa shape index (κ2) is 6.50. The van der Waals surface area contributed by atoms with E-state index >= 15 is 0 Å². The maximum atomic E-state index is 12.2. The molecule has 1 aromatic heterocycles. The van der Waals surface area contributed by atoms with E-state index in [2.05, 4.69) is 9.46 Å². The molecule has 0 bridgehead atoms. The molecular weight excluding hydrogens is 320 g/mol. The normalized spacial score (nSPS) is 13.3. The molecule has 0 saturated carbocycles. The summed E-state index contributed by atoms with van der Waals surface area (Å²) in [5.74, 6) is -0.00956. The first-order valence-corrected chi connectivity index (χ1v) is 8.35. The maximum Gasteiger partial charge on any atom is 0.387 e. The summed E-state index contributed by atoms with van der Waals surface area (Å²) in [5, 5.41) is 1.66. The molecule has 114 valence electrons. The fourth-order valence-corrected chi connectivity index (χ4v) is 3.98. The summed E-state index contributed by atoms with van der Waals surface area (Å²) < 4.78 is 55.5. The van der Waals surface area contributed by atoms with Crippen LogP contribution in [0, 0.1) is 0 Å². The topological polar surface area (TPSA) is 55.4 Å². The van der Waals surface area contributed by atoms with Crippen molar-refractivity contribution >= 4 is 21.4 Å². The van der Waals surface area contributed by atoms with E-state index in [1.807, 2.05) is 0 Å². The van der Waals surface area contributed by atoms with Crippen molar-refractivity contribution in [1.82, 2.24) is 4.72 Å². The number of benzene rings is 1. The molecule has 0 fully saturated rings. The molecule has 8 heteroatoms. The number of halogens is 2. The molecule has 0 saturated heterocycles. The zero-order valence-corrected chi connectivity index (χ0v) is 12.6. The molecule has 0 spiro atoms. The maximum absolute atomic E-state index is 12.2. The number of sulfonamides is 1. The SMILES string of the molecule is CC(NS(=O)(=O)c1cccs1)c1cccc(OC(F)F)c1. The number of thiophene rings is 1. The number of rotatable bonds is 6. The average molecular weight is 333 g/mol. The van der Waals surface area contributed by atoms with Crippen molar-refractivity contribution in [2.75, 3.05) is 0 Å². The molecule has 1 atom stereocenters. The second-order valence-corrected chi connectivity index (χ2v) is 7.11. The Hall–Kier alpha value is -1.51. The van der Waals surface area contributed by atoms with Gasteiger partial charge in [0.25, 0.3) is 10.0 Å². The first-order chi connectivity index (χ1) is 9.88. The molecule has 1 N–H and O–H groups in total. The third-order valence-corrected chi connectivity index (χ3v) is 5.61. The molecule has 1 aromatic carbocycles. The Balaban J connectivity index is 2.15. The number of nitrogens with one attached hydrogen (secondary N) is 1. The van der Waals surface area contributed by atoms with Gasteiger partial charge >= 0.3 is 6.61 Å². The highest BCUT2D eigenvalue weighted by Crippen LogP contribution is 2.23. The lowest BCUT2D eigenvalue weighted by atomic mass is 10.1. The van der Waals surface area contributed by atoms with Gasteiger partial charge in [0, 0.05) is 6.04 Å². The summed E-state index contributed by atoms with van der Waals surface area (Å²) in [4.78, 5) is 0. The minimum atomic E-state index is -3.62. The van der Waals surface area contributed by atoms with Gasteiger partial charge in [-0.05, 0) is 36.1 Å². The van der Waals surface area contributed by atoms with E-state index in [4.69, 9.17) is 0 Å². The predicted molar refractivity (Wildman–Crippen MR) is 76.1 cm³/mol. The Morgan fingerprint density at radius 1 is 1.24 bits per heavy atom. The van der Waals surface area contributed by atoms with Crippen molar-refractivity contribution in [2.45, 2.75) is 23.8 Å². The molecule has 0 amide bonds. The Kier molecular flexibility index (Phi) is 4.92. The lowest BCUT2D eigenvalue weighted by molar-refractivity contribution is -0.0499. The molecule has 1 unspecified atom stereocenters. The second-order valence-electron chi connectivity index (χ2n) is 4.23. The largest absolute Gasteiger partial charge is 0.435 e. The average Bonchev–Trinajstić information content (AvgIpc) is 2.92. The smallest absolute Gasteiger partial charge is 0.387 e. The highest BCUT2D eigenvalue weighted by Gasteiger charge is 2.19. The van der Waals surface area contributed by atoms with Crippen LogP contribution in [-0.4, -0.2) is 15.0 Å². The molecule has 2 rings (SSSR count). The van der Waals surface area contributed by atoms with Crippen LogP contribution in [0.1, 0.15) is 18.5 Å². The van der Waals surface area contributed by atoms with Gasteiger partial charge in [-0.2, -0.15) is 8.78 Å². The van der Waals surface area contributed by atoms with Crippen LogP contribution in [0.4, 0.5) is 8.78 Å². The Morgan fingerprint density at radius 2 is 2.00 bits per heavy atom. The first-order valence-electron chi connectivity index (χ1n) is 5.99. The van der Waals surface area contributed by atoms with Gasteiger partial charge in [0.2, 0.25) is 0 Å². The van der Waals surface area contributed by atoms with Gasteiger partial charge < -0.3 is 4.74 Å². The fourth-order valence-electron chi connectivity index (χ4n) is 1.74. The molecular formula is C13H13F2NO3S2. The zero-order valence-electron chi connectivity index (χ0n) is 11.0. The molecule has 0 radical (unpaired) electrons. The van der Waals surface area contributed by atoms with Crippen LogP contribution in [0.25, 0.3) is 0 Å². The van der Waals surface area contributed by atoms with Gasteiger partial charge in [0.1, 0.15) is 9.96 Å². The fraction of sp³-hybridized carbons (Fsp3) is 0.231. The number of hydrogen-bond acceptors (Lipinski definition) is 4. The molecule has 1 heterocycles. The van der Waals surface area contributed by atoms with Crippen LogP contribution in [0.5, 0.6) is 5.75 Å². The third kappa shape index (κ3) is 4.23. The third-order valence-electron chi connectivity index (χ3n) is 2.68. The highest BCUT2D eigenvalue weighted by atomic mass is 32.2. The summed E-state index contributed by atoms with van der Waals surface area (Å²) in [6.45, 7) is -1.29. The van der Waals surface area contributed by atoms with Crippen molar-refractivity contribution in [3.63, 3.8) is 0 Å². The van der Waals surface area contributed by atoms with Crippen molar-refractivity contribution in [1.29, 1.82) is 0 Å². The Morgan fingerprint density at radius 3 is 2.62 bits per heavy atom. The minimum Gasteiger partial charge on any atom is -0.435 e. The van der Waals surface area contributed by atoms with E-state index < -0.39 is 22.7 Å². The van der Waals surface area contributed by atoms with Crippen LogP contribution in [0.3, 0.4) is 0 Å². The van der Waals surface area contributed by atoms with Crippen LogP contribution in [0.2, 0.25) is 0 Å². The number of alkyl halides is 2. The summed E-state index contributed by atoms with van der Waals surface area (Å²) in [6, 6.07) is 8.50.